The lowest BCUT2D eigenvalue weighted by molar-refractivity contribution is -0.114. The van der Waals surface area contributed by atoms with Crippen molar-refractivity contribution in [2.24, 2.45) is 0 Å². The Hall–Kier alpha value is -1.51. The van der Waals surface area contributed by atoms with E-state index in [1.165, 1.54) is 18.1 Å². The molecule has 1 N–H and O–H groups in total. The number of benzene rings is 1. The van der Waals surface area contributed by atoms with Gasteiger partial charge in [-0.1, -0.05) is 27.7 Å². The van der Waals surface area contributed by atoms with Crippen LogP contribution >= 0.6 is 0 Å². The van der Waals surface area contributed by atoms with Crippen molar-refractivity contribution in [3.05, 3.63) is 23.3 Å². The topological polar surface area (TPSA) is 38.3 Å². The molecule has 0 spiro atoms. The first-order chi connectivity index (χ1) is 8.36. The molecule has 0 aliphatic rings. The number of rotatable bonds is 4. The average molecular weight is 249 g/mol. The van der Waals surface area contributed by atoms with Gasteiger partial charge < -0.3 is 10.1 Å². The maximum atomic E-state index is 11.2. The first-order valence-electron chi connectivity index (χ1n) is 6.36. The van der Waals surface area contributed by atoms with Gasteiger partial charge in [0.1, 0.15) is 5.75 Å². The number of hydrogen-bond acceptors (Lipinski definition) is 2. The van der Waals surface area contributed by atoms with Gasteiger partial charge in [-0.3, -0.25) is 4.79 Å². The van der Waals surface area contributed by atoms with Crippen molar-refractivity contribution in [3.8, 4) is 5.75 Å². The summed E-state index contributed by atoms with van der Waals surface area (Å²) in [4.78, 5) is 11.2. The van der Waals surface area contributed by atoms with Gasteiger partial charge >= 0.3 is 0 Å². The molecule has 18 heavy (non-hydrogen) atoms. The Balaban J connectivity index is 3.38. The molecule has 3 heteroatoms. The number of anilines is 1. The average Bonchev–Trinajstić information content (AvgIpc) is 2.26. The lowest BCUT2D eigenvalue weighted by Gasteiger charge is -2.21. The van der Waals surface area contributed by atoms with Crippen LogP contribution in [0, 0.1) is 0 Å². The number of carbonyl (C=O) groups is 1. The second kappa shape index (κ2) is 5.89. The third kappa shape index (κ3) is 3.25. The molecule has 3 nitrogen and oxygen atoms in total. The Kier molecular flexibility index (Phi) is 4.76. The second-order valence-electron chi connectivity index (χ2n) is 5.17. The Morgan fingerprint density at radius 2 is 1.78 bits per heavy atom. The van der Waals surface area contributed by atoms with E-state index in [0.717, 1.165) is 11.4 Å². The standard InChI is InChI=1S/C15H23NO2/c1-9(2)13-7-12(16-11(5)17)8-14(18-6)15(13)10(3)4/h7-10H,1-6H3,(H,16,17). The van der Waals surface area contributed by atoms with Crippen LogP contribution in [0.25, 0.3) is 0 Å². The summed E-state index contributed by atoms with van der Waals surface area (Å²) in [5, 5.41) is 2.82. The number of methoxy groups -OCH3 is 1. The van der Waals surface area contributed by atoms with E-state index in [9.17, 15) is 4.79 Å². The van der Waals surface area contributed by atoms with E-state index in [2.05, 4.69) is 33.0 Å². The SMILES string of the molecule is COc1cc(NC(C)=O)cc(C(C)C)c1C(C)C. The molecule has 0 atom stereocenters. The molecule has 0 aromatic heterocycles. The minimum Gasteiger partial charge on any atom is -0.496 e. The van der Waals surface area contributed by atoms with E-state index in [1.54, 1.807) is 7.11 Å². The highest BCUT2D eigenvalue weighted by atomic mass is 16.5. The van der Waals surface area contributed by atoms with Crippen molar-refractivity contribution in [3.63, 3.8) is 0 Å². The van der Waals surface area contributed by atoms with E-state index in [1.807, 2.05) is 12.1 Å². The highest BCUT2D eigenvalue weighted by Crippen LogP contribution is 2.36. The van der Waals surface area contributed by atoms with Crippen molar-refractivity contribution in [1.29, 1.82) is 0 Å². The van der Waals surface area contributed by atoms with Crippen LogP contribution in [0.1, 0.15) is 57.6 Å². The summed E-state index contributed by atoms with van der Waals surface area (Å²) >= 11 is 0. The highest BCUT2D eigenvalue weighted by molar-refractivity contribution is 5.89. The minimum absolute atomic E-state index is 0.0657. The summed E-state index contributed by atoms with van der Waals surface area (Å²) in [7, 11) is 1.67. The molecule has 1 aromatic carbocycles. The van der Waals surface area contributed by atoms with Gasteiger partial charge in [0.15, 0.2) is 0 Å². The van der Waals surface area contributed by atoms with Crippen molar-refractivity contribution in [1.82, 2.24) is 0 Å². The summed E-state index contributed by atoms with van der Waals surface area (Å²) in [5.74, 6) is 1.57. The molecule has 0 bridgehead atoms. The fraction of sp³-hybridized carbons (Fsp3) is 0.533. The van der Waals surface area contributed by atoms with Crippen LogP contribution in [0.2, 0.25) is 0 Å². The van der Waals surface area contributed by atoms with Gasteiger partial charge in [0.25, 0.3) is 0 Å². The summed E-state index contributed by atoms with van der Waals surface area (Å²) in [6.45, 7) is 10.1. The van der Waals surface area contributed by atoms with E-state index in [4.69, 9.17) is 4.74 Å². The normalized spacial score (nSPS) is 10.9. The zero-order valence-electron chi connectivity index (χ0n) is 12.1. The summed E-state index contributed by atoms with van der Waals surface area (Å²) < 4.78 is 5.47. The maximum absolute atomic E-state index is 11.2. The van der Waals surface area contributed by atoms with Crippen LogP contribution in [-0.4, -0.2) is 13.0 Å². The van der Waals surface area contributed by atoms with Crippen LogP contribution < -0.4 is 10.1 Å². The molecule has 0 saturated carbocycles. The van der Waals surface area contributed by atoms with Crippen LogP contribution in [0.3, 0.4) is 0 Å². The number of nitrogens with one attached hydrogen (secondary N) is 1. The quantitative estimate of drug-likeness (QED) is 0.878. The van der Waals surface area contributed by atoms with Crippen LogP contribution in [0.15, 0.2) is 12.1 Å². The zero-order chi connectivity index (χ0) is 13.9. The monoisotopic (exact) mass is 249 g/mol. The van der Waals surface area contributed by atoms with Gasteiger partial charge in [-0.15, -0.1) is 0 Å². The molecular weight excluding hydrogens is 226 g/mol. The third-order valence-corrected chi connectivity index (χ3v) is 2.91. The molecule has 0 radical (unpaired) electrons. The van der Waals surface area contributed by atoms with Gasteiger partial charge in [-0.05, 0) is 23.5 Å². The Morgan fingerprint density at radius 1 is 1.17 bits per heavy atom. The molecule has 1 amide bonds. The predicted molar refractivity (Wildman–Crippen MR) is 75.5 cm³/mol. The lowest BCUT2D eigenvalue weighted by Crippen LogP contribution is -2.09. The third-order valence-electron chi connectivity index (χ3n) is 2.91. The van der Waals surface area contributed by atoms with Gasteiger partial charge in [0.2, 0.25) is 5.91 Å². The van der Waals surface area contributed by atoms with Gasteiger partial charge in [-0.2, -0.15) is 0 Å². The van der Waals surface area contributed by atoms with Crippen LogP contribution in [0.5, 0.6) is 5.75 Å². The fourth-order valence-electron chi connectivity index (χ4n) is 2.19. The minimum atomic E-state index is -0.0657. The van der Waals surface area contributed by atoms with Crippen LogP contribution in [-0.2, 0) is 4.79 Å². The van der Waals surface area contributed by atoms with Crippen molar-refractivity contribution in [2.45, 2.75) is 46.5 Å². The molecule has 1 aromatic rings. The zero-order valence-corrected chi connectivity index (χ0v) is 12.1. The molecule has 100 valence electrons. The van der Waals surface area contributed by atoms with Crippen molar-refractivity contribution in [2.75, 3.05) is 12.4 Å². The van der Waals surface area contributed by atoms with E-state index < -0.39 is 0 Å². The Bertz CT molecular complexity index is 436. The molecule has 0 saturated heterocycles. The van der Waals surface area contributed by atoms with Gasteiger partial charge in [0, 0.05) is 24.2 Å². The molecule has 0 unspecified atom stereocenters. The lowest BCUT2D eigenvalue weighted by atomic mass is 9.89. The van der Waals surface area contributed by atoms with Crippen molar-refractivity contribution >= 4 is 11.6 Å². The summed E-state index contributed by atoms with van der Waals surface area (Å²) in [6.07, 6.45) is 0. The number of ether oxygens (including phenoxy) is 1. The van der Waals surface area contributed by atoms with E-state index in [0.29, 0.717) is 11.8 Å². The maximum Gasteiger partial charge on any atom is 0.221 e. The van der Waals surface area contributed by atoms with Gasteiger partial charge in [-0.25, -0.2) is 0 Å². The molecule has 0 aliphatic carbocycles. The van der Waals surface area contributed by atoms with E-state index in [-0.39, 0.29) is 5.91 Å². The largest absolute Gasteiger partial charge is 0.496 e. The number of hydrogen-bond donors (Lipinski definition) is 1. The first-order valence-corrected chi connectivity index (χ1v) is 6.36. The summed E-state index contributed by atoms with van der Waals surface area (Å²) in [6, 6.07) is 3.94. The highest BCUT2D eigenvalue weighted by Gasteiger charge is 2.17. The molecule has 0 heterocycles. The van der Waals surface area contributed by atoms with Crippen molar-refractivity contribution < 1.29 is 9.53 Å². The van der Waals surface area contributed by atoms with E-state index >= 15 is 0 Å². The fourth-order valence-corrected chi connectivity index (χ4v) is 2.19. The molecule has 1 rings (SSSR count). The second-order valence-corrected chi connectivity index (χ2v) is 5.17. The number of carbonyl (C=O) groups excluding carboxylic acids is 1. The van der Waals surface area contributed by atoms with Crippen LogP contribution in [0.4, 0.5) is 5.69 Å². The smallest absolute Gasteiger partial charge is 0.221 e. The first kappa shape index (κ1) is 14.6. The number of amides is 1. The molecule has 0 fully saturated rings. The molecular formula is C15H23NO2. The molecule has 0 aliphatic heterocycles. The predicted octanol–water partition coefficient (Wildman–Crippen LogP) is 3.90. The Labute approximate surface area is 110 Å². The van der Waals surface area contributed by atoms with Gasteiger partial charge in [0.05, 0.1) is 7.11 Å². The Morgan fingerprint density at radius 3 is 2.17 bits per heavy atom. The summed E-state index contributed by atoms with van der Waals surface area (Å²) in [5.41, 5.74) is 3.25.